The Labute approximate surface area is 182 Å². The van der Waals surface area contributed by atoms with E-state index in [0.29, 0.717) is 6.42 Å². The highest BCUT2D eigenvalue weighted by atomic mass is 16.7. The summed E-state index contributed by atoms with van der Waals surface area (Å²) in [5.74, 6) is 0. The van der Waals surface area contributed by atoms with E-state index in [4.69, 9.17) is 47.6 Å². The molecule has 182 valence electrons. The average molecular weight is 450 g/mol. The van der Waals surface area contributed by atoms with Crippen LogP contribution in [0.25, 0.3) is 0 Å². The van der Waals surface area contributed by atoms with Gasteiger partial charge in [0.1, 0.15) is 30.0 Å². The van der Waals surface area contributed by atoms with Gasteiger partial charge in [0.15, 0.2) is 12.6 Å². The normalized spacial score (nSPS) is 52.6. The third kappa shape index (κ3) is 5.37. The number of aliphatic hydroxyl groups excluding tert-OH is 2. The van der Waals surface area contributed by atoms with Crippen LogP contribution in [-0.2, 0) is 18.9 Å². The molecule has 0 aromatic rings. The standard InChI is InChI=1S/C19H39N5O7/c1-7(20)11-4-3-8(21)17(29-11)30-14-9(22)5-10(23)15(12(14)25)31-18-13(26)16(24)19(2,27)6-28-18/h7-18,25-27H,3-6,20-24H2,1-2H3/t7-,8+,9+,10-,11-,12+,13+,14-,15-,16-,17+,18+,19-/m0/s1. The highest BCUT2D eigenvalue weighted by Gasteiger charge is 2.50. The van der Waals surface area contributed by atoms with Crippen molar-refractivity contribution < 1.29 is 34.3 Å². The minimum atomic E-state index is -1.41. The summed E-state index contributed by atoms with van der Waals surface area (Å²) in [5, 5.41) is 31.6. The van der Waals surface area contributed by atoms with Crippen LogP contribution in [0.1, 0.15) is 33.1 Å². The molecule has 12 nitrogen and oxygen atoms in total. The number of hydrogen-bond acceptors (Lipinski definition) is 12. The summed E-state index contributed by atoms with van der Waals surface area (Å²) in [6.07, 6.45) is -4.89. The molecule has 12 heteroatoms. The molecule has 13 N–H and O–H groups in total. The third-order valence-corrected chi connectivity index (χ3v) is 6.58. The number of aliphatic hydroxyl groups is 3. The maximum absolute atomic E-state index is 11.0. The summed E-state index contributed by atoms with van der Waals surface area (Å²) in [5.41, 5.74) is 29.0. The van der Waals surface area contributed by atoms with Crippen molar-refractivity contribution in [2.45, 2.75) is 112 Å². The van der Waals surface area contributed by atoms with Gasteiger partial charge in [-0.05, 0) is 33.1 Å². The monoisotopic (exact) mass is 449 g/mol. The van der Waals surface area contributed by atoms with Crippen molar-refractivity contribution in [2.75, 3.05) is 6.61 Å². The maximum atomic E-state index is 11.0. The minimum Gasteiger partial charge on any atom is -0.388 e. The van der Waals surface area contributed by atoms with Crippen molar-refractivity contribution in [3.8, 4) is 0 Å². The van der Waals surface area contributed by atoms with Gasteiger partial charge in [-0.1, -0.05) is 0 Å². The third-order valence-electron chi connectivity index (χ3n) is 6.58. The zero-order valence-corrected chi connectivity index (χ0v) is 18.1. The molecule has 2 saturated heterocycles. The van der Waals surface area contributed by atoms with Crippen molar-refractivity contribution in [1.29, 1.82) is 0 Å². The molecule has 0 aromatic carbocycles. The predicted octanol–water partition coefficient (Wildman–Crippen LogP) is -3.85. The van der Waals surface area contributed by atoms with Gasteiger partial charge in [0, 0.05) is 18.1 Å². The van der Waals surface area contributed by atoms with Crippen molar-refractivity contribution in [3.63, 3.8) is 0 Å². The zero-order valence-electron chi connectivity index (χ0n) is 18.1. The number of nitrogens with two attached hydrogens (primary N) is 5. The van der Waals surface area contributed by atoms with E-state index in [1.807, 2.05) is 6.92 Å². The van der Waals surface area contributed by atoms with E-state index in [0.717, 1.165) is 6.42 Å². The Morgan fingerprint density at radius 2 is 1.52 bits per heavy atom. The molecule has 31 heavy (non-hydrogen) atoms. The Hall–Kier alpha value is -0.480. The molecule has 2 heterocycles. The lowest BCUT2D eigenvalue weighted by molar-refractivity contribution is -0.305. The fourth-order valence-electron chi connectivity index (χ4n) is 4.41. The topological polar surface area (TPSA) is 228 Å². The van der Waals surface area contributed by atoms with E-state index in [1.165, 1.54) is 6.92 Å². The lowest BCUT2D eigenvalue weighted by atomic mass is 9.84. The first-order valence-electron chi connectivity index (χ1n) is 10.9. The van der Waals surface area contributed by atoms with Crippen molar-refractivity contribution in [3.05, 3.63) is 0 Å². The Kier molecular flexibility index (Phi) is 7.94. The van der Waals surface area contributed by atoms with Gasteiger partial charge in [0.05, 0.1) is 24.8 Å². The van der Waals surface area contributed by atoms with Crippen LogP contribution in [0, 0.1) is 0 Å². The molecule has 3 rings (SSSR count). The second-order valence-corrected chi connectivity index (χ2v) is 9.45. The molecule has 0 aromatic heterocycles. The van der Waals surface area contributed by atoms with Gasteiger partial charge in [-0.15, -0.1) is 0 Å². The lowest BCUT2D eigenvalue weighted by Crippen LogP contribution is -2.68. The van der Waals surface area contributed by atoms with Crippen LogP contribution < -0.4 is 28.7 Å². The van der Waals surface area contributed by atoms with Crippen molar-refractivity contribution >= 4 is 0 Å². The molecule has 3 fully saturated rings. The van der Waals surface area contributed by atoms with Crippen LogP contribution in [0.4, 0.5) is 0 Å². The zero-order chi connectivity index (χ0) is 23.1. The quantitative estimate of drug-likeness (QED) is 0.202. The molecule has 1 aliphatic carbocycles. The van der Waals surface area contributed by atoms with Crippen LogP contribution in [0.5, 0.6) is 0 Å². The summed E-state index contributed by atoms with van der Waals surface area (Å²) in [6.45, 7) is 3.17. The highest BCUT2D eigenvalue weighted by Crippen LogP contribution is 2.31. The van der Waals surface area contributed by atoms with Gasteiger partial charge >= 0.3 is 0 Å². The number of rotatable bonds is 5. The summed E-state index contributed by atoms with van der Waals surface area (Å²) >= 11 is 0. The Morgan fingerprint density at radius 3 is 2.10 bits per heavy atom. The summed E-state index contributed by atoms with van der Waals surface area (Å²) in [7, 11) is 0. The van der Waals surface area contributed by atoms with E-state index in [2.05, 4.69) is 0 Å². The fourth-order valence-corrected chi connectivity index (χ4v) is 4.41. The summed E-state index contributed by atoms with van der Waals surface area (Å²) < 4.78 is 23.2. The van der Waals surface area contributed by atoms with Gasteiger partial charge < -0.3 is 62.9 Å². The van der Waals surface area contributed by atoms with Crippen LogP contribution in [-0.4, -0.2) is 101 Å². The Bertz CT molecular complexity index is 584. The van der Waals surface area contributed by atoms with E-state index in [1.54, 1.807) is 0 Å². The number of hydrogen-bond donors (Lipinski definition) is 8. The summed E-state index contributed by atoms with van der Waals surface area (Å²) in [4.78, 5) is 0. The first-order valence-corrected chi connectivity index (χ1v) is 10.9. The van der Waals surface area contributed by atoms with E-state index < -0.39 is 66.8 Å². The molecule has 1 saturated carbocycles. The van der Waals surface area contributed by atoms with Crippen molar-refractivity contribution in [1.82, 2.24) is 0 Å². The highest BCUT2D eigenvalue weighted by molar-refractivity contribution is 5.01. The molecule has 0 bridgehead atoms. The molecule has 13 atom stereocenters. The van der Waals surface area contributed by atoms with Gasteiger partial charge in [-0.25, -0.2) is 0 Å². The predicted molar refractivity (Wildman–Crippen MR) is 110 cm³/mol. The molecule has 2 aliphatic heterocycles. The molecule has 0 spiro atoms. The average Bonchev–Trinajstić information content (AvgIpc) is 2.69. The largest absolute Gasteiger partial charge is 0.388 e. The second-order valence-electron chi connectivity index (χ2n) is 9.45. The van der Waals surface area contributed by atoms with Gasteiger partial charge in [-0.2, -0.15) is 0 Å². The van der Waals surface area contributed by atoms with E-state index in [9.17, 15) is 15.3 Å². The Morgan fingerprint density at radius 1 is 0.935 bits per heavy atom. The van der Waals surface area contributed by atoms with Gasteiger partial charge in [0.2, 0.25) is 0 Å². The van der Waals surface area contributed by atoms with Gasteiger partial charge in [0.25, 0.3) is 0 Å². The molecular weight excluding hydrogens is 410 g/mol. The molecule has 0 radical (unpaired) electrons. The van der Waals surface area contributed by atoms with E-state index >= 15 is 0 Å². The van der Waals surface area contributed by atoms with Gasteiger partial charge in [-0.3, -0.25) is 0 Å². The molecule has 0 unspecified atom stereocenters. The minimum absolute atomic E-state index is 0.142. The maximum Gasteiger partial charge on any atom is 0.185 e. The van der Waals surface area contributed by atoms with E-state index in [-0.39, 0.29) is 25.2 Å². The smallest absolute Gasteiger partial charge is 0.185 e. The molecule has 0 amide bonds. The van der Waals surface area contributed by atoms with Crippen molar-refractivity contribution in [2.24, 2.45) is 28.7 Å². The number of ether oxygens (including phenoxy) is 4. The van der Waals surface area contributed by atoms with Crippen LogP contribution in [0.2, 0.25) is 0 Å². The molecular formula is C19H39N5O7. The van der Waals surface area contributed by atoms with Crippen LogP contribution >= 0.6 is 0 Å². The second kappa shape index (κ2) is 9.79. The fraction of sp³-hybridized carbons (Fsp3) is 1.00. The SMILES string of the molecule is C[C@H](N)[C@@H]1CC[C@@H](N)[C@@H](O[C@@H]2[C@@H](O)[C@@H](O[C@H]3OC[C@](C)(O)[C@@H](N)[C@H]3O)[C@@H](N)C[C@H]2N)O1. The Balaban J connectivity index is 1.68. The van der Waals surface area contributed by atoms with Crippen LogP contribution in [0.15, 0.2) is 0 Å². The first kappa shape index (κ1) is 25.1. The molecule has 3 aliphatic rings. The van der Waals surface area contributed by atoms with Crippen LogP contribution in [0.3, 0.4) is 0 Å². The summed E-state index contributed by atoms with van der Waals surface area (Å²) in [6, 6.07) is -2.82. The lowest BCUT2D eigenvalue weighted by Gasteiger charge is -2.48. The first-order chi connectivity index (χ1) is 14.4.